The van der Waals surface area contributed by atoms with Crippen LogP contribution >= 0.6 is 47.8 Å². The van der Waals surface area contributed by atoms with E-state index in [2.05, 4.69) is 52.8 Å². The summed E-state index contributed by atoms with van der Waals surface area (Å²) in [5.41, 5.74) is 8.72. The van der Waals surface area contributed by atoms with Gasteiger partial charge in [0, 0.05) is 19.0 Å². The Balaban J connectivity index is 2.23. The van der Waals surface area contributed by atoms with E-state index in [1.54, 1.807) is 6.07 Å². The molecule has 2 N–H and O–H groups in total. The van der Waals surface area contributed by atoms with Crippen LogP contribution in [0.5, 0.6) is 0 Å². The van der Waals surface area contributed by atoms with Gasteiger partial charge in [0.2, 0.25) is 5.89 Å². The Kier molecular flexibility index (Phi) is 3.41. The zero-order valence-corrected chi connectivity index (χ0v) is 14.2. The first kappa shape index (κ1) is 13.1. The largest absolute Gasteiger partial charge is 0.434 e. The highest BCUT2D eigenvalue weighted by Gasteiger charge is 2.12. The van der Waals surface area contributed by atoms with E-state index in [0.717, 1.165) is 24.5 Å². The van der Waals surface area contributed by atoms with Crippen molar-refractivity contribution in [2.45, 2.75) is 0 Å². The van der Waals surface area contributed by atoms with Crippen LogP contribution in [0, 0.1) is 0 Å². The topological polar surface area (TPSA) is 52.0 Å². The fraction of sp³-hybridized carbons (Fsp3) is 0. The molecule has 3 nitrogen and oxygen atoms in total. The Bertz CT molecular complexity index is 763. The van der Waals surface area contributed by atoms with Gasteiger partial charge < -0.3 is 10.2 Å². The number of anilines is 1. The van der Waals surface area contributed by atoms with Crippen molar-refractivity contribution >= 4 is 64.6 Å². The Morgan fingerprint density at radius 2 is 1.53 bits per heavy atom. The van der Waals surface area contributed by atoms with Crippen molar-refractivity contribution in [3.05, 3.63) is 43.7 Å². The molecule has 0 saturated heterocycles. The summed E-state index contributed by atoms with van der Waals surface area (Å²) in [4.78, 5) is 4.47. The number of nitrogens with two attached hydrogens (primary N) is 1. The summed E-state index contributed by atoms with van der Waals surface area (Å²) in [6.07, 6.45) is 0. The summed E-state index contributed by atoms with van der Waals surface area (Å²) in [7, 11) is 0. The van der Waals surface area contributed by atoms with Crippen LogP contribution in [0.25, 0.3) is 22.6 Å². The van der Waals surface area contributed by atoms with Crippen LogP contribution in [0.4, 0.5) is 5.69 Å². The highest BCUT2D eigenvalue weighted by Crippen LogP contribution is 2.33. The van der Waals surface area contributed by atoms with Gasteiger partial charge in [0.05, 0.1) is 5.69 Å². The third-order valence-corrected chi connectivity index (χ3v) is 3.97. The predicted molar refractivity (Wildman–Crippen MR) is 87.0 cm³/mol. The van der Waals surface area contributed by atoms with Crippen molar-refractivity contribution in [3.63, 3.8) is 0 Å². The van der Waals surface area contributed by atoms with Crippen molar-refractivity contribution in [2.24, 2.45) is 0 Å². The molecule has 1 heterocycles. The number of rotatable bonds is 1. The molecular weight excluding hydrogens is 440 g/mol. The molecule has 0 bridgehead atoms. The van der Waals surface area contributed by atoms with Crippen LogP contribution in [0.15, 0.2) is 48.2 Å². The third-order valence-electron chi connectivity index (χ3n) is 2.59. The maximum atomic E-state index is 5.93. The van der Waals surface area contributed by atoms with Gasteiger partial charge in [-0.2, -0.15) is 0 Å². The minimum atomic E-state index is 0.543. The van der Waals surface area contributed by atoms with Gasteiger partial charge in [-0.1, -0.05) is 47.8 Å². The fourth-order valence-corrected chi connectivity index (χ4v) is 3.58. The van der Waals surface area contributed by atoms with Crippen molar-refractivity contribution in [2.75, 3.05) is 5.73 Å². The van der Waals surface area contributed by atoms with Gasteiger partial charge in [0.1, 0.15) is 5.52 Å². The first-order chi connectivity index (χ1) is 9.02. The lowest BCUT2D eigenvalue weighted by atomic mass is 10.2. The lowest BCUT2D eigenvalue weighted by molar-refractivity contribution is 0.621. The molecule has 3 rings (SSSR count). The van der Waals surface area contributed by atoms with Crippen molar-refractivity contribution < 1.29 is 4.42 Å². The molecule has 0 aliphatic heterocycles. The molecule has 19 heavy (non-hydrogen) atoms. The van der Waals surface area contributed by atoms with Crippen LogP contribution < -0.4 is 5.73 Å². The average Bonchev–Trinajstić information content (AvgIpc) is 2.71. The number of nitrogens with zero attached hydrogens (tertiary/aromatic N) is 1. The maximum Gasteiger partial charge on any atom is 0.227 e. The quantitative estimate of drug-likeness (QED) is 0.511. The number of hydrogen-bond acceptors (Lipinski definition) is 3. The van der Waals surface area contributed by atoms with Gasteiger partial charge in [-0.05, 0) is 30.3 Å². The zero-order chi connectivity index (χ0) is 13.6. The molecule has 3 aromatic rings. The summed E-state index contributed by atoms with van der Waals surface area (Å²) in [6, 6.07) is 9.53. The molecule has 0 unspecified atom stereocenters. The number of halogens is 3. The fourth-order valence-electron chi connectivity index (χ4n) is 1.82. The van der Waals surface area contributed by atoms with E-state index in [1.807, 2.05) is 24.3 Å². The van der Waals surface area contributed by atoms with Crippen LogP contribution in [0.3, 0.4) is 0 Å². The van der Waals surface area contributed by atoms with Crippen LogP contribution in [0.1, 0.15) is 0 Å². The van der Waals surface area contributed by atoms with Gasteiger partial charge in [-0.25, -0.2) is 4.98 Å². The first-order valence-corrected chi connectivity index (χ1v) is 7.73. The van der Waals surface area contributed by atoms with E-state index in [9.17, 15) is 0 Å². The molecule has 0 atom stereocenters. The standard InChI is InChI=1S/C13H7Br3N2O/c14-7-1-6(2-8(15)3-7)13-18-11-5-9(16)4-10(17)12(11)19-13/h1-5H,17H2. The Labute approximate surface area is 134 Å². The molecule has 0 amide bonds. The molecule has 6 heteroatoms. The second-order valence-corrected chi connectivity index (χ2v) is 6.77. The summed E-state index contributed by atoms with van der Waals surface area (Å²) in [5.74, 6) is 0.543. The normalized spacial score (nSPS) is 11.1. The lowest BCUT2D eigenvalue weighted by Gasteiger charge is -1.98. The Morgan fingerprint density at radius 3 is 2.21 bits per heavy atom. The Hall–Kier alpha value is -0.850. The highest BCUT2D eigenvalue weighted by atomic mass is 79.9. The van der Waals surface area contributed by atoms with Gasteiger partial charge in [-0.3, -0.25) is 0 Å². The molecule has 1 aromatic heterocycles. The van der Waals surface area contributed by atoms with Crippen LogP contribution in [-0.2, 0) is 0 Å². The maximum absolute atomic E-state index is 5.93. The number of aromatic nitrogens is 1. The van der Waals surface area contributed by atoms with Crippen molar-refractivity contribution in [1.82, 2.24) is 4.98 Å². The molecule has 2 aromatic carbocycles. The Morgan fingerprint density at radius 1 is 0.895 bits per heavy atom. The van der Waals surface area contributed by atoms with E-state index < -0.39 is 0 Å². The van der Waals surface area contributed by atoms with E-state index in [4.69, 9.17) is 10.2 Å². The van der Waals surface area contributed by atoms with Gasteiger partial charge in [0.25, 0.3) is 0 Å². The minimum absolute atomic E-state index is 0.543. The molecule has 96 valence electrons. The summed E-state index contributed by atoms with van der Waals surface area (Å²) in [6.45, 7) is 0. The average molecular weight is 447 g/mol. The summed E-state index contributed by atoms with van der Waals surface area (Å²) in [5, 5.41) is 0. The van der Waals surface area contributed by atoms with E-state index in [-0.39, 0.29) is 0 Å². The lowest BCUT2D eigenvalue weighted by Crippen LogP contribution is -1.84. The smallest absolute Gasteiger partial charge is 0.227 e. The highest BCUT2D eigenvalue weighted by molar-refractivity contribution is 9.11. The van der Waals surface area contributed by atoms with Crippen LogP contribution in [0.2, 0.25) is 0 Å². The molecular formula is C13H7Br3N2O. The van der Waals surface area contributed by atoms with Crippen molar-refractivity contribution in [1.29, 1.82) is 0 Å². The number of nitrogen functional groups attached to an aromatic ring is 1. The van der Waals surface area contributed by atoms with Gasteiger partial charge in [0.15, 0.2) is 5.58 Å². The molecule has 0 saturated carbocycles. The second kappa shape index (κ2) is 4.92. The molecule has 0 fully saturated rings. The molecule has 0 aliphatic rings. The van der Waals surface area contributed by atoms with Gasteiger partial charge >= 0.3 is 0 Å². The summed E-state index contributed by atoms with van der Waals surface area (Å²) >= 11 is 10.3. The van der Waals surface area contributed by atoms with Gasteiger partial charge in [-0.15, -0.1) is 0 Å². The monoisotopic (exact) mass is 444 g/mol. The predicted octanol–water partition coefficient (Wildman–Crippen LogP) is 5.36. The number of fused-ring (bicyclic) bond motifs is 1. The minimum Gasteiger partial charge on any atom is -0.434 e. The zero-order valence-electron chi connectivity index (χ0n) is 9.45. The van der Waals surface area contributed by atoms with E-state index >= 15 is 0 Å². The molecule has 0 aliphatic carbocycles. The molecule has 0 radical (unpaired) electrons. The second-order valence-electron chi connectivity index (χ2n) is 4.02. The van der Waals surface area contributed by atoms with Crippen molar-refractivity contribution in [3.8, 4) is 11.5 Å². The SMILES string of the molecule is Nc1cc(Br)cc2nc(-c3cc(Br)cc(Br)c3)oc12. The number of benzene rings is 2. The van der Waals surface area contributed by atoms with Crippen LogP contribution in [-0.4, -0.2) is 4.98 Å². The van der Waals surface area contributed by atoms with E-state index in [0.29, 0.717) is 17.2 Å². The molecule has 0 spiro atoms. The first-order valence-electron chi connectivity index (χ1n) is 5.35. The van der Waals surface area contributed by atoms with E-state index in [1.165, 1.54) is 0 Å². The number of hydrogen-bond donors (Lipinski definition) is 1. The summed E-state index contributed by atoms with van der Waals surface area (Å²) < 4.78 is 8.54. The third kappa shape index (κ3) is 2.57. The number of oxazole rings is 1.